The largest absolute Gasteiger partial charge is 0.459 e. The Morgan fingerprint density at radius 2 is 1.72 bits per heavy atom. The first kappa shape index (κ1) is 20.8. The van der Waals surface area contributed by atoms with Crippen molar-refractivity contribution in [2.24, 2.45) is 5.10 Å². The highest BCUT2D eigenvalue weighted by molar-refractivity contribution is 5.92. The quantitative estimate of drug-likeness (QED) is 0.264. The van der Waals surface area contributed by atoms with Crippen molar-refractivity contribution in [3.8, 4) is 16.8 Å². The Labute approximate surface area is 184 Å². The van der Waals surface area contributed by atoms with Crippen molar-refractivity contribution in [1.82, 2.24) is 9.99 Å². The topological polar surface area (TPSA) is 103 Å². The number of furan rings is 1. The third-order valence-corrected chi connectivity index (χ3v) is 5.12. The number of nitro groups is 1. The third-order valence-electron chi connectivity index (χ3n) is 5.12. The molecule has 1 amide bonds. The van der Waals surface area contributed by atoms with Crippen LogP contribution in [-0.4, -0.2) is 21.6 Å². The molecular formula is C24H20N4O4. The van der Waals surface area contributed by atoms with E-state index in [0.717, 1.165) is 33.8 Å². The number of nitrogens with one attached hydrogen (secondary N) is 1. The SMILES string of the molecule is Cc1cc(/C=N\NC(=O)c2ccco2)c(C)n1-c1ccc(-c2ccc([N+](=O)[O-])cc2)cc1. The van der Waals surface area contributed by atoms with Crippen LogP contribution in [0.2, 0.25) is 0 Å². The summed E-state index contributed by atoms with van der Waals surface area (Å²) in [6, 6.07) is 19.6. The van der Waals surface area contributed by atoms with Gasteiger partial charge in [0.1, 0.15) is 0 Å². The van der Waals surface area contributed by atoms with E-state index in [9.17, 15) is 14.9 Å². The molecule has 0 fully saturated rings. The number of nitro benzene ring substituents is 1. The van der Waals surface area contributed by atoms with Gasteiger partial charge in [-0.15, -0.1) is 0 Å². The number of non-ortho nitro benzene ring substituents is 1. The van der Waals surface area contributed by atoms with Crippen LogP contribution in [0.25, 0.3) is 16.8 Å². The van der Waals surface area contributed by atoms with Crippen molar-refractivity contribution in [2.75, 3.05) is 0 Å². The lowest BCUT2D eigenvalue weighted by molar-refractivity contribution is -0.384. The Hall–Kier alpha value is -4.46. The molecule has 0 atom stereocenters. The number of hydrogen-bond donors (Lipinski definition) is 1. The summed E-state index contributed by atoms with van der Waals surface area (Å²) in [6.07, 6.45) is 3.03. The number of benzene rings is 2. The molecule has 0 saturated heterocycles. The Kier molecular flexibility index (Phi) is 5.67. The standard InChI is InChI=1S/C24H20N4O4/c1-16-14-20(15-25-26-24(29)23-4-3-13-32-23)17(2)27(16)21-9-5-18(6-10-21)19-7-11-22(12-8-19)28(30)31/h3-15H,1-2H3,(H,26,29)/b25-15-. The van der Waals surface area contributed by atoms with Gasteiger partial charge in [-0.2, -0.15) is 5.10 Å². The molecule has 1 N–H and O–H groups in total. The average Bonchev–Trinajstić information content (AvgIpc) is 3.43. The fourth-order valence-electron chi connectivity index (χ4n) is 3.52. The van der Waals surface area contributed by atoms with E-state index in [1.165, 1.54) is 18.4 Å². The molecule has 0 saturated carbocycles. The van der Waals surface area contributed by atoms with Gasteiger partial charge in [0.2, 0.25) is 0 Å². The maximum atomic E-state index is 11.9. The molecule has 2 aromatic carbocycles. The van der Waals surface area contributed by atoms with E-state index in [1.807, 2.05) is 44.2 Å². The lowest BCUT2D eigenvalue weighted by atomic mass is 10.0. The summed E-state index contributed by atoms with van der Waals surface area (Å²) in [5.74, 6) is -0.220. The Morgan fingerprint density at radius 1 is 1.06 bits per heavy atom. The van der Waals surface area contributed by atoms with Gasteiger partial charge in [-0.05, 0) is 67.4 Å². The maximum Gasteiger partial charge on any atom is 0.307 e. The minimum absolute atomic E-state index is 0.0681. The third kappa shape index (κ3) is 4.20. The molecular weight excluding hydrogens is 408 g/mol. The van der Waals surface area contributed by atoms with Gasteiger partial charge in [0.15, 0.2) is 5.76 Å². The van der Waals surface area contributed by atoms with Crippen molar-refractivity contribution in [3.63, 3.8) is 0 Å². The summed E-state index contributed by atoms with van der Waals surface area (Å²) >= 11 is 0. The molecule has 0 aliphatic rings. The van der Waals surface area contributed by atoms with E-state index >= 15 is 0 Å². The zero-order valence-corrected chi connectivity index (χ0v) is 17.5. The molecule has 2 heterocycles. The molecule has 2 aromatic heterocycles. The first-order chi connectivity index (χ1) is 15.4. The van der Waals surface area contributed by atoms with E-state index in [2.05, 4.69) is 15.1 Å². The number of carbonyl (C=O) groups is 1. The zero-order chi connectivity index (χ0) is 22.7. The summed E-state index contributed by atoms with van der Waals surface area (Å²) in [4.78, 5) is 22.3. The number of carbonyl (C=O) groups excluding carboxylic acids is 1. The molecule has 8 nitrogen and oxygen atoms in total. The summed E-state index contributed by atoms with van der Waals surface area (Å²) in [5, 5.41) is 14.9. The monoisotopic (exact) mass is 428 g/mol. The molecule has 0 spiro atoms. The number of hydrazone groups is 1. The van der Waals surface area contributed by atoms with Crippen LogP contribution in [0, 0.1) is 24.0 Å². The summed E-state index contributed by atoms with van der Waals surface area (Å²) in [5.41, 5.74) is 8.24. The van der Waals surface area contributed by atoms with Crippen LogP contribution in [0.1, 0.15) is 27.5 Å². The second-order valence-electron chi connectivity index (χ2n) is 7.19. The smallest absolute Gasteiger partial charge is 0.307 e. The van der Waals surface area contributed by atoms with E-state index in [1.54, 1.807) is 30.5 Å². The van der Waals surface area contributed by atoms with Gasteiger partial charge >= 0.3 is 5.91 Å². The predicted molar refractivity (Wildman–Crippen MR) is 121 cm³/mol. The molecule has 8 heteroatoms. The first-order valence-electron chi connectivity index (χ1n) is 9.85. The molecule has 0 aliphatic carbocycles. The molecule has 0 radical (unpaired) electrons. The Balaban J connectivity index is 1.52. The Morgan fingerprint density at radius 3 is 2.31 bits per heavy atom. The number of hydrogen-bond acceptors (Lipinski definition) is 5. The summed E-state index contributed by atoms with van der Waals surface area (Å²) in [6.45, 7) is 3.98. The van der Waals surface area contributed by atoms with Crippen LogP contribution in [-0.2, 0) is 0 Å². The molecule has 0 aliphatic heterocycles. The van der Waals surface area contributed by atoms with Crippen LogP contribution in [0.3, 0.4) is 0 Å². The molecule has 32 heavy (non-hydrogen) atoms. The zero-order valence-electron chi connectivity index (χ0n) is 17.5. The molecule has 0 bridgehead atoms. The van der Waals surface area contributed by atoms with E-state index in [4.69, 9.17) is 4.42 Å². The number of nitrogens with zero attached hydrogens (tertiary/aromatic N) is 3. The van der Waals surface area contributed by atoms with Crippen molar-refractivity contribution < 1.29 is 14.1 Å². The molecule has 4 aromatic rings. The number of aromatic nitrogens is 1. The van der Waals surface area contributed by atoms with Crippen LogP contribution in [0.5, 0.6) is 0 Å². The summed E-state index contributed by atoms with van der Waals surface area (Å²) in [7, 11) is 0. The van der Waals surface area contributed by atoms with E-state index < -0.39 is 10.8 Å². The van der Waals surface area contributed by atoms with Gasteiger partial charge < -0.3 is 8.98 Å². The lowest BCUT2D eigenvalue weighted by Crippen LogP contribution is -2.16. The predicted octanol–water partition coefficient (Wildman–Crippen LogP) is 5.03. The second-order valence-corrected chi connectivity index (χ2v) is 7.19. The molecule has 160 valence electrons. The highest BCUT2D eigenvalue weighted by Gasteiger charge is 2.11. The highest BCUT2D eigenvalue weighted by Crippen LogP contribution is 2.25. The highest BCUT2D eigenvalue weighted by atomic mass is 16.6. The van der Waals surface area contributed by atoms with Gasteiger partial charge in [-0.3, -0.25) is 14.9 Å². The fourth-order valence-corrected chi connectivity index (χ4v) is 3.52. The first-order valence-corrected chi connectivity index (χ1v) is 9.85. The normalized spacial score (nSPS) is 11.1. The fraction of sp³-hybridized carbons (Fsp3) is 0.0833. The van der Waals surface area contributed by atoms with Crippen LogP contribution in [0.15, 0.2) is 82.5 Å². The molecule has 0 unspecified atom stereocenters. The molecule has 4 rings (SSSR count). The van der Waals surface area contributed by atoms with Gasteiger partial charge in [-0.25, -0.2) is 5.43 Å². The van der Waals surface area contributed by atoms with E-state index in [0.29, 0.717) is 0 Å². The Bertz CT molecular complexity index is 1290. The number of aryl methyl sites for hydroxylation is 1. The van der Waals surface area contributed by atoms with Gasteiger partial charge in [-0.1, -0.05) is 12.1 Å². The van der Waals surface area contributed by atoms with Gasteiger partial charge in [0.25, 0.3) is 5.69 Å². The minimum Gasteiger partial charge on any atom is -0.459 e. The average molecular weight is 428 g/mol. The number of rotatable bonds is 6. The van der Waals surface area contributed by atoms with Gasteiger partial charge in [0.05, 0.1) is 17.4 Å². The minimum atomic E-state index is -0.415. The van der Waals surface area contributed by atoms with Crippen LogP contribution in [0.4, 0.5) is 5.69 Å². The summed E-state index contributed by atoms with van der Waals surface area (Å²) < 4.78 is 7.13. The maximum absolute atomic E-state index is 11.9. The number of amides is 1. The van der Waals surface area contributed by atoms with Crippen LogP contribution >= 0.6 is 0 Å². The van der Waals surface area contributed by atoms with Crippen LogP contribution < -0.4 is 5.43 Å². The van der Waals surface area contributed by atoms with E-state index in [-0.39, 0.29) is 11.4 Å². The van der Waals surface area contributed by atoms with Crippen molar-refractivity contribution >= 4 is 17.8 Å². The second kappa shape index (κ2) is 8.73. The van der Waals surface area contributed by atoms with Gasteiger partial charge in [0, 0.05) is 34.8 Å². The van der Waals surface area contributed by atoms with Crippen molar-refractivity contribution in [2.45, 2.75) is 13.8 Å². The lowest BCUT2D eigenvalue weighted by Gasteiger charge is -2.11. The van der Waals surface area contributed by atoms with Crippen molar-refractivity contribution in [3.05, 3.63) is 106 Å². The van der Waals surface area contributed by atoms with Crippen molar-refractivity contribution in [1.29, 1.82) is 0 Å².